The Morgan fingerprint density at radius 3 is 2.67 bits per heavy atom. The summed E-state index contributed by atoms with van der Waals surface area (Å²) in [7, 11) is -1.66. The normalized spacial score (nSPS) is 12.2. The SMILES string of the molecule is CC(C)(C)[Si](C)(C)OCCC#Cn1ncc2ccccc21. The van der Waals surface area contributed by atoms with E-state index in [0.29, 0.717) is 6.61 Å². The van der Waals surface area contributed by atoms with Crippen LogP contribution in [-0.4, -0.2) is 24.7 Å². The molecule has 0 spiro atoms. The summed E-state index contributed by atoms with van der Waals surface area (Å²) in [6, 6.07) is 11.2. The molecule has 112 valence electrons. The average Bonchev–Trinajstić information content (AvgIpc) is 2.80. The molecule has 0 aliphatic carbocycles. The Morgan fingerprint density at radius 2 is 1.95 bits per heavy atom. The first-order chi connectivity index (χ1) is 9.81. The van der Waals surface area contributed by atoms with Crippen molar-refractivity contribution in [2.45, 2.75) is 45.3 Å². The lowest BCUT2D eigenvalue weighted by atomic mass is 10.2. The minimum atomic E-state index is -1.66. The van der Waals surface area contributed by atoms with E-state index >= 15 is 0 Å². The lowest BCUT2D eigenvalue weighted by Gasteiger charge is -2.35. The van der Waals surface area contributed by atoms with Crippen LogP contribution in [0.25, 0.3) is 10.9 Å². The smallest absolute Gasteiger partial charge is 0.192 e. The summed E-state index contributed by atoms with van der Waals surface area (Å²) in [5, 5.41) is 5.66. The van der Waals surface area contributed by atoms with Crippen molar-refractivity contribution in [1.82, 2.24) is 9.78 Å². The molecule has 0 saturated carbocycles. The van der Waals surface area contributed by atoms with Gasteiger partial charge in [-0.25, -0.2) is 0 Å². The van der Waals surface area contributed by atoms with Gasteiger partial charge in [-0.15, -0.1) is 0 Å². The molecular formula is C17H24N2OSi. The van der Waals surface area contributed by atoms with Gasteiger partial charge in [0.15, 0.2) is 8.32 Å². The van der Waals surface area contributed by atoms with Crippen LogP contribution in [0.3, 0.4) is 0 Å². The van der Waals surface area contributed by atoms with Crippen LogP contribution in [-0.2, 0) is 4.43 Å². The number of hydrogen-bond acceptors (Lipinski definition) is 2. The van der Waals surface area contributed by atoms with Gasteiger partial charge in [0.05, 0.1) is 11.7 Å². The fraction of sp³-hybridized carbons (Fsp3) is 0.471. The Hall–Kier alpha value is -1.57. The van der Waals surface area contributed by atoms with Crippen molar-refractivity contribution in [3.8, 4) is 12.0 Å². The molecule has 2 rings (SSSR count). The predicted molar refractivity (Wildman–Crippen MR) is 90.7 cm³/mol. The summed E-state index contributed by atoms with van der Waals surface area (Å²) >= 11 is 0. The number of benzene rings is 1. The summed E-state index contributed by atoms with van der Waals surface area (Å²) in [5.74, 6) is 3.15. The van der Waals surface area contributed by atoms with Crippen molar-refractivity contribution >= 4 is 19.2 Å². The van der Waals surface area contributed by atoms with Gasteiger partial charge in [0.25, 0.3) is 0 Å². The van der Waals surface area contributed by atoms with Crippen molar-refractivity contribution in [2.75, 3.05) is 6.61 Å². The summed E-state index contributed by atoms with van der Waals surface area (Å²) in [6.45, 7) is 12.0. The molecule has 0 N–H and O–H groups in total. The van der Waals surface area contributed by atoms with Gasteiger partial charge in [0.2, 0.25) is 0 Å². The molecule has 0 radical (unpaired) electrons. The molecule has 0 unspecified atom stereocenters. The molecule has 0 atom stereocenters. The van der Waals surface area contributed by atoms with E-state index in [0.717, 1.165) is 17.3 Å². The van der Waals surface area contributed by atoms with E-state index in [1.807, 2.05) is 30.5 Å². The maximum atomic E-state index is 6.11. The van der Waals surface area contributed by atoms with Crippen molar-refractivity contribution in [3.05, 3.63) is 30.5 Å². The molecule has 0 amide bonds. The molecule has 3 nitrogen and oxygen atoms in total. The van der Waals surface area contributed by atoms with Gasteiger partial charge in [-0.1, -0.05) is 44.9 Å². The van der Waals surface area contributed by atoms with Gasteiger partial charge < -0.3 is 4.43 Å². The van der Waals surface area contributed by atoms with Crippen LogP contribution in [0.15, 0.2) is 30.5 Å². The van der Waals surface area contributed by atoms with Gasteiger partial charge in [0.1, 0.15) is 0 Å². The highest BCUT2D eigenvalue weighted by molar-refractivity contribution is 6.74. The third kappa shape index (κ3) is 3.75. The third-order valence-electron chi connectivity index (χ3n) is 4.16. The zero-order chi connectivity index (χ0) is 15.5. The fourth-order valence-electron chi connectivity index (χ4n) is 1.77. The van der Waals surface area contributed by atoms with Gasteiger partial charge in [0, 0.05) is 24.5 Å². The summed E-state index contributed by atoms with van der Waals surface area (Å²) in [4.78, 5) is 0. The highest BCUT2D eigenvalue weighted by atomic mass is 28.4. The lowest BCUT2D eigenvalue weighted by molar-refractivity contribution is 0.296. The first-order valence-corrected chi connectivity index (χ1v) is 10.3. The predicted octanol–water partition coefficient (Wildman–Crippen LogP) is 4.26. The van der Waals surface area contributed by atoms with Gasteiger partial charge in [-0.2, -0.15) is 9.78 Å². The van der Waals surface area contributed by atoms with E-state index in [-0.39, 0.29) is 5.04 Å². The van der Waals surface area contributed by atoms with Crippen LogP contribution in [0.5, 0.6) is 0 Å². The number of nitrogens with zero attached hydrogens (tertiary/aromatic N) is 2. The second-order valence-corrected chi connectivity index (χ2v) is 11.6. The highest BCUT2D eigenvalue weighted by Crippen LogP contribution is 2.36. The van der Waals surface area contributed by atoms with Gasteiger partial charge in [-0.05, 0) is 24.2 Å². The molecule has 21 heavy (non-hydrogen) atoms. The largest absolute Gasteiger partial charge is 0.416 e. The topological polar surface area (TPSA) is 27.1 Å². The second-order valence-electron chi connectivity index (χ2n) is 6.76. The Morgan fingerprint density at radius 1 is 1.24 bits per heavy atom. The first-order valence-electron chi connectivity index (χ1n) is 7.37. The van der Waals surface area contributed by atoms with E-state index in [9.17, 15) is 0 Å². The Kier molecular flexibility index (Phi) is 4.55. The standard InChI is InChI=1S/C17H24N2OSi/c1-17(2,3)21(4,5)20-13-9-8-12-19-16-11-7-6-10-15(16)14-18-19/h6-7,10-11,14H,9,13H2,1-5H3. The second kappa shape index (κ2) is 6.04. The van der Waals surface area contributed by atoms with E-state index in [4.69, 9.17) is 4.43 Å². The average molecular weight is 300 g/mol. The Bertz CT molecular complexity index is 671. The zero-order valence-corrected chi connectivity index (χ0v) is 14.6. The van der Waals surface area contributed by atoms with Crippen molar-refractivity contribution in [2.24, 2.45) is 0 Å². The molecule has 2 aromatic rings. The van der Waals surface area contributed by atoms with E-state index < -0.39 is 8.32 Å². The van der Waals surface area contributed by atoms with Crippen LogP contribution in [0.4, 0.5) is 0 Å². The molecule has 1 aromatic heterocycles. The maximum Gasteiger partial charge on any atom is 0.192 e. The Labute approximate surface area is 128 Å². The number of para-hydroxylation sites is 1. The third-order valence-corrected chi connectivity index (χ3v) is 8.70. The maximum absolute atomic E-state index is 6.11. The number of rotatable bonds is 3. The van der Waals surface area contributed by atoms with Gasteiger partial charge >= 0.3 is 0 Å². The minimum Gasteiger partial charge on any atom is -0.416 e. The first kappa shape index (κ1) is 15.8. The van der Waals surface area contributed by atoms with Crippen molar-refractivity contribution in [3.63, 3.8) is 0 Å². The molecule has 0 aliphatic heterocycles. The number of hydrogen-bond donors (Lipinski definition) is 0. The van der Waals surface area contributed by atoms with E-state index in [1.54, 1.807) is 4.68 Å². The van der Waals surface area contributed by atoms with E-state index in [2.05, 4.69) is 50.9 Å². The van der Waals surface area contributed by atoms with Crippen LogP contribution in [0.2, 0.25) is 18.1 Å². The van der Waals surface area contributed by atoms with Gasteiger partial charge in [-0.3, -0.25) is 0 Å². The minimum absolute atomic E-state index is 0.249. The van der Waals surface area contributed by atoms with Crippen molar-refractivity contribution in [1.29, 1.82) is 0 Å². The van der Waals surface area contributed by atoms with Crippen LogP contribution < -0.4 is 0 Å². The van der Waals surface area contributed by atoms with Crippen LogP contribution in [0.1, 0.15) is 27.2 Å². The zero-order valence-electron chi connectivity index (χ0n) is 13.6. The molecule has 4 heteroatoms. The molecule has 0 fully saturated rings. The van der Waals surface area contributed by atoms with E-state index in [1.165, 1.54) is 0 Å². The number of fused-ring (bicyclic) bond motifs is 1. The summed E-state index contributed by atoms with van der Waals surface area (Å²) in [6.07, 6.45) is 2.58. The lowest BCUT2D eigenvalue weighted by Crippen LogP contribution is -2.40. The van der Waals surface area contributed by atoms with Crippen LogP contribution >= 0.6 is 0 Å². The summed E-state index contributed by atoms with van der Waals surface area (Å²) < 4.78 is 7.85. The van der Waals surface area contributed by atoms with Crippen LogP contribution in [0, 0.1) is 12.0 Å². The summed E-state index contributed by atoms with van der Waals surface area (Å²) in [5.41, 5.74) is 1.05. The van der Waals surface area contributed by atoms with Crippen molar-refractivity contribution < 1.29 is 4.43 Å². The molecule has 0 saturated heterocycles. The molecule has 1 heterocycles. The molecule has 0 aliphatic rings. The Balaban J connectivity index is 1.93. The molecular weight excluding hydrogens is 276 g/mol. The highest BCUT2D eigenvalue weighted by Gasteiger charge is 2.36. The molecule has 1 aromatic carbocycles. The number of aromatic nitrogens is 2. The fourth-order valence-corrected chi connectivity index (χ4v) is 2.81. The monoisotopic (exact) mass is 300 g/mol. The quantitative estimate of drug-likeness (QED) is 0.481. The molecule has 0 bridgehead atoms.